The number of carbonyl (C=O) groups excluding carboxylic acids is 1. The van der Waals surface area contributed by atoms with Gasteiger partial charge in [-0.1, -0.05) is 18.2 Å². The summed E-state index contributed by atoms with van der Waals surface area (Å²) >= 11 is 0. The summed E-state index contributed by atoms with van der Waals surface area (Å²) in [5.41, 5.74) is 10.1. The molecule has 1 aliphatic rings. The van der Waals surface area contributed by atoms with Crippen LogP contribution in [0.4, 0.5) is 15.8 Å². The maximum atomic E-state index is 14.5. The van der Waals surface area contributed by atoms with Crippen molar-refractivity contribution >= 4 is 17.3 Å². The first-order chi connectivity index (χ1) is 18.9. The number of hydrogen-bond donors (Lipinski definition) is 3. The molecule has 10 heteroatoms. The molecule has 1 amide bonds. The molecule has 1 saturated heterocycles. The van der Waals surface area contributed by atoms with E-state index in [9.17, 15) is 19.6 Å². The van der Waals surface area contributed by atoms with Crippen LogP contribution < -0.4 is 16.0 Å². The lowest BCUT2D eigenvalue weighted by Crippen LogP contribution is -2.33. The number of hydrogen-bond acceptors (Lipinski definition) is 8. The maximum Gasteiger partial charge on any atom is 0.274 e. The Morgan fingerprint density at radius 1 is 1.26 bits per heavy atom. The largest absolute Gasteiger partial charge is 0.394 e. The van der Waals surface area contributed by atoms with E-state index in [1.807, 2.05) is 11.0 Å². The van der Waals surface area contributed by atoms with Crippen LogP contribution in [0.25, 0.3) is 22.5 Å². The number of nitrogens with one attached hydrogen (secondary N) is 1. The molecule has 4 N–H and O–H groups in total. The van der Waals surface area contributed by atoms with Gasteiger partial charge in [0.05, 0.1) is 41.2 Å². The van der Waals surface area contributed by atoms with Gasteiger partial charge in [-0.05, 0) is 54.8 Å². The van der Waals surface area contributed by atoms with Crippen LogP contribution in [0.2, 0.25) is 0 Å². The lowest BCUT2D eigenvalue weighted by molar-refractivity contribution is 0.102. The first kappa shape index (κ1) is 25.9. The number of amides is 1. The Bertz CT molecular complexity index is 1570. The normalized spacial score (nSPS) is 16.6. The summed E-state index contributed by atoms with van der Waals surface area (Å²) < 4.78 is 14.5. The van der Waals surface area contributed by atoms with Gasteiger partial charge in [0.15, 0.2) is 5.82 Å². The SMILES string of the molecule is Cc1cccc(F)c1-c1nccc(C(=O)Nc2ccc(-c3cnccc3C#N)cc2N2C[C@@H](N)C[C@H]2CO)n1. The molecule has 0 bridgehead atoms. The number of nitrogens with zero attached hydrogens (tertiary/aromatic N) is 5. The van der Waals surface area contributed by atoms with Crippen molar-refractivity contribution in [1.29, 1.82) is 5.26 Å². The molecule has 1 aliphatic heterocycles. The molecule has 0 unspecified atom stereocenters. The van der Waals surface area contributed by atoms with E-state index in [4.69, 9.17) is 5.73 Å². The first-order valence-corrected chi connectivity index (χ1v) is 12.4. The third-order valence-electron chi connectivity index (χ3n) is 6.80. The van der Waals surface area contributed by atoms with Gasteiger partial charge in [0.25, 0.3) is 5.91 Å². The molecule has 0 saturated carbocycles. The van der Waals surface area contributed by atoms with Gasteiger partial charge >= 0.3 is 0 Å². The first-order valence-electron chi connectivity index (χ1n) is 12.4. The number of pyridine rings is 1. The van der Waals surface area contributed by atoms with Crippen LogP contribution in [0.5, 0.6) is 0 Å². The van der Waals surface area contributed by atoms with Crippen molar-refractivity contribution in [2.75, 3.05) is 23.4 Å². The smallest absolute Gasteiger partial charge is 0.274 e. The van der Waals surface area contributed by atoms with Crippen LogP contribution in [-0.2, 0) is 0 Å². The quantitative estimate of drug-likeness (QED) is 0.348. The standard InChI is InChI=1S/C29H26FN7O2/c1-17-3-2-4-23(30)27(17)28-34-10-8-25(35-28)29(39)36-24-6-5-18(22-14-33-9-7-19(22)13-31)11-26(24)37-15-20(32)12-21(37)16-38/h2-11,14,20-21,38H,12,15-16,32H2,1H3,(H,36,39)/t20-,21-/m0/s1. The monoisotopic (exact) mass is 523 g/mol. The van der Waals surface area contributed by atoms with Gasteiger partial charge < -0.3 is 21.1 Å². The van der Waals surface area contributed by atoms with Gasteiger partial charge in [-0.3, -0.25) is 9.78 Å². The zero-order chi connectivity index (χ0) is 27.5. The molecular weight excluding hydrogens is 497 g/mol. The average molecular weight is 524 g/mol. The van der Waals surface area contributed by atoms with Gasteiger partial charge in [0.2, 0.25) is 0 Å². The molecular formula is C29H26FN7O2. The van der Waals surface area contributed by atoms with E-state index < -0.39 is 11.7 Å². The van der Waals surface area contributed by atoms with E-state index in [2.05, 4.69) is 26.3 Å². The summed E-state index contributed by atoms with van der Waals surface area (Å²) in [5, 5.41) is 22.5. The predicted molar refractivity (Wildman–Crippen MR) is 145 cm³/mol. The molecule has 4 aromatic rings. The average Bonchev–Trinajstić information content (AvgIpc) is 3.33. The lowest BCUT2D eigenvalue weighted by atomic mass is 10.0. The summed E-state index contributed by atoms with van der Waals surface area (Å²) in [7, 11) is 0. The minimum atomic E-state index is -0.509. The number of halogens is 1. The summed E-state index contributed by atoms with van der Waals surface area (Å²) in [6, 6.07) is 14.9. The van der Waals surface area contributed by atoms with Crippen LogP contribution in [0.3, 0.4) is 0 Å². The molecule has 3 heterocycles. The zero-order valence-electron chi connectivity index (χ0n) is 21.2. The second-order valence-electron chi connectivity index (χ2n) is 9.40. The van der Waals surface area contributed by atoms with Crippen molar-refractivity contribution in [2.24, 2.45) is 5.73 Å². The van der Waals surface area contributed by atoms with Crippen molar-refractivity contribution in [2.45, 2.75) is 25.4 Å². The number of aliphatic hydroxyl groups excluding tert-OH is 1. The highest BCUT2D eigenvalue weighted by Crippen LogP contribution is 2.36. The molecule has 2 atom stereocenters. The Hall–Kier alpha value is -4.72. The summed E-state index contributed by atoms with van der Waals surface area (Å²) in [6.45, 7) is 2.11. The fourth-order valence-electron chi connectivity index (χ4n) is 4.89. The van der Waals surface area contributed by atoms with Gasteiger partial charge in [-0.2, -0.15) is 5.26 Å². The highest BCUT2D eigenvalue weighted by Gasteiger charge is 2.31. The van der Waals surface area contributed by atoms with Gasteiger partial charge in [-0.15, -0.1) is 0 Å². The van der Waals surface area contributed by atoms with Crippen molar-refractivity contribution in [1.82, 2.24) is 15.0 Å². The van der Waals surface area contributed by atoms with E-state index >= 15 is 0 Å². The minimum Gasteiger partial charge on any atom is -0.394 e. The molecule has 2 aromatic heterocycles. The Morgan fingerprint density at radius 3 is 2.87 bits per heavy atom. The van der Waals surface area contributed by atoms with Crippen molar-refractivity contribution in [3.05, 3.63) is 89.8 Å². The number of aromatic nitrogens is 3. The van der Waals surface area contributed by atoms with Gasteiger partial charge in [0.1, 0.15) is 11.5 Å². The number of nitrogens with two attached hydrogens (primary N) is 1. The molecule has 1 fully saturated rings. The van der Waals surface area contributed by atoms with Crippen LogP contribution in [0.1, 0.15) is 28.0 Å². The van der Waals surface area contributed by atoms with Gasteiger partial charge in [0, 0.05) is 36.7 Å². The highest BCUT2D eigenvalue weighted by molar-refractivity contribution is 6.05. The fraction of sp³-hybridized carbons (Fsp3) is 0.207. The molecule has 39 heavy (non-hydrogen) atoms. The molecule has 5 rings (SSSR count). The Kier molecular flexibility index (Phi) is 7.27. The topological polar surface area (TPSA) is 141 Å². The Balaban J connectivity index is 1.53. The predicted octanol–water partition coefficient (Wildman–Crippen LogP) is 3.68. The second kappa shape index (κ2) is 10.9. The summed E-state index contributed by atoms with van der Waals surface area (Å²) in [6.07, 6.45) is 5.17. The van der Waals surface area contributed by atoms with Gasteiger partial charge in [-0.25, -0.2) is 14.4 Å². The van der Waals surface area contributed by atoms with E-state index in [1.54, 1.807) is 49.6 Å². The number of anilines is 2. The molecule has 0 spiro atoms. The third kappa shape index (κ3) is 5.18. The molecule has 0 aliphatic carbocycles. The highest BCUT2D eigenvalue weighted by atomic mass is 19.1. The number of carbonyl (C=O) groups is 1. The van der Waals surface area contributed by atoms with E-state index in [0.717, 1.165) is 5.56 Å². The van der Waals surface area contributed by atoms with Crippen molar-refractivity contribution in [3.8, 4) is 28.6 Å². The van der Waals surface area contributed by atoms with Crippen LogP contribution in [0.15, 0.2) is 67.1 Å². The minimum absolute atomic E-state index is 0.0635. The molecule has 9 nitrogen and oxygen atoms in total. The van der Waals surface area contributed by atoms with E-state index in [0.29, 0.717) is 41.0 Å². The number of aryl methyl sites for hydroxylation is 1. The number of benzene rings is 2. The van der Waals surface area contributed by atoms with E-state index in [-0.39, 0.29) is 35.8 Å². The number of rotatable bonds is 6. The van der Waals surface area contributed by atoms with E-state index in [1.165, 1.54) is 18.3 Å². The maximum absolute atomic E-state index is 14.5. The third-order valence-corrected chi connectivity index (χ3v) is 6.80. The second-order valence-corrected chi connectivity index (χ2v) is 9.40. The van der Waals surface area contributed by atoms with Crippen LogP contribution in [0, 0.1) is 24.1 Å². The van der Waals surface area contributed by atoms with Crippen molar-refractivity contribution in [3.63, 3.8) is 0 Å². The molecule has 196 valence electrons. The van der Waals surface area contributed by atoms with Crippen LogP contribution in [-0.4, -0.2) is 51.2 Å². The summed E-state index contributed by atoms with van der Waals surface area (Å²) in [4.78, 5) is 28.0. The summed E-state index contributed by atoms with van der Waals surface area (Å²) in [5.74, 6) is -0.872. The zero-order valence-corrected chi connectivity index (χ0v) is 21.2. The Labute approximate surface area is 224 Å². The Morgan fingerprint density at radius 2 is 2.10 bits per heavy atom. The number of nitriles is 1. The molecule has 0 radical (unpaired) electrons. The molecule has 2 aromatic carbocycles. The van der Waals surface area contributed by atoms with Crippen molar-refractivity contribution < 1.29 is 14.3 Å². The lowest BCUT2D eigenvalue weighted by Gasteiger charge is -2.28. The van der Waals surface area contributed by atoms with Crippen LogP contribution >= 0.6 is 0 Å². The number of aliphatic hydroxyl groups is 1. The fourth-order valence-corrected chi connectivity index (χ4v) is 4.89.